The molecule has 0 fully saturated rings. The minimum atomic E-state index is -4.12. The molecule has 3 rings (SSSR count). The lowest BCUT2D eigenvalue weighted by Crippen LogP contribution is -2.30. The van der Waals surface area contributed by atoms with E-state index < -0.39 is 21.7 Å². The van der Waals surface area contributed by atoms with E-state index in [4.69, 9.17) is 9.47 Å². The summed E-state index contributed by atoms with van der Waals surface area (Å²) in [5.74, 6) is -0.119. The maximum absolute atomic E-state index is 14.2. The van der Waals surface area contributed by atoms with E-state index in [0.29, 0.717) is 22.6 Å². The van der Waals surface area contributed by atoms with Crippen molar-refractivity contribution in [2.75, 3.05) is 18.5 Å². The van der Waals surface area contributed by atoms with Crippen LogP contribution in [0.5, 0.6) is 11.5 Å². The summed E-state index contributed by atoms with van der Waals surface area (Å²) < 4.78 is 65.9. The molecule has 0 aromatic heterocycles. The van der Waals surface area contributed by atoms with Crippen molar-refractivity contribution in [3.8, 4) is 11.5 Å². The first-order valence-electron chi connectivity index (χ1n) is 9.01. The fourth-order valence-electron chi connectivity index (χ4n) is 2.91. The lowest BCUT2D eigenvalue weighted by molar-refractivity contribution is 0.393. The summed E-state index contributed by atoms with van der Waals surface area (Å²) in [6.45, 7) is 1.47. The Morgan fingerprint density at radius 1 is 0.867 bits per heavy atom. The van der Waals surface area contributed by atoms with Crippen LogP contribution in [0.3, 0.4) is 0 Å². The average Bonchev–Trinajstić information content (AvgIpc) is 2.74. The molecule has 0 radical (unpaired) electrons. The van der Waals surface area contributed by atoms with Crippen LogP contribution in [0.1, 0.15) is 11.1 Å². The maximum atomic E-state index is 14.2. The molecule has 0 unspecified atom stereocenters. The minimum Gasteiger partial charge on any atom is -0.497 e. The van der Waals surface area contributed by atoms with Crippen LogP contribution < -0.4 is 13.8 Å². The number of benzene rings is 3. The van der Waals surface area contributed by atoms with Gasteiger partial charge in [-0.3, -0.25) is 4.31 Å². The van der Waals surface area contributed by atoms with Gasteiger partial charge in [0, 0.05) is 6.07 Å². The number of hydrogen-bond donors (Lipinski definition) is 0. The van der Waals surface area contributed by atoms with Gasteiger partial charge in [-0.25, -0.2) is 17.2 Å². The molecule has 30 heavy (non-hydrogen) atoms. The Morgan fingerprint density at radius 3 is 2.00 bits per heavy atom. The third kappa shape index (κ3) is 4.54. The summed E-state index contributed by atoms with van der Waals surface area (Å²) in [5, 5.41) is 0. The molecule has 0 N–H and O–H groups in total. The number of rotatable bonds is 7. The first-order chi connectivity index (χ1) is 14.2. The molecule has 0 heterocycles. The van der Waals surface area contributed by atoms with Crippen molar-refractivity contribution in [1.29, 1.82) is 0 Å². The standard InChI is InChI=1S/C22H21F2NO4S/c1-15-4-7-18(12-22(15)24)25(30(26,27)21-8-5-17(23)6-9-21)14-16-10-19(28-2)13-20(11-16)29-3/h4-13H,14H2,1-3H3. The highest BCUT2D eigenvalue weighted by Crippen LogP contribution is 2.30. The number of sulfonamides is 1. The third-order valence-electron chi connectivity index (χ3n) is 4.58. The Morgan fingerprint density at radius 2 is 1.47 bits per heavy atom. The monoisotopic (exact) mass is 433 g/mol. The van der Waals surface area contributed by atoms with E-state index >= 15 is 0 Å². The van der Waals surface area contributed by atoms with Crippen LogP contribution >= 0.6 is 0 Å². The lowest BCUT2D eigenvalue weighted by Gasteiger charge is -2.25. The molecule has 0 saturated heterocycles. The second-order valence-corrected chi connectivity index (χ2v) is 8.48. The first-order valence-corrected chi connectivity index (χ1v) is 10.4. The summed E-state index contributed by atoms with van der Waals surface area (Å²) in [6.07, 6.45) is 0. The number of anilines is 1. The molecule has 0 atom stereocenters. The summed E-state index contributed by atoms with van der Waals surface area (Å²) >= 11 is 0. The highest BCUT2D eigenvalue weighted by molar-refractivity contribution is 7.92. The zero-order valence-corrected chi connectivity index (χ0v) is 17.5. The largest absolute Gasteiger partial charge is 0.497 e. The fourth-order valence-corrected chi connectivity index (χ4v) is 4.35. The summed E-state index contributed by atoms with van der Waals surface area (Å²) in [7, 11) is -1.15. The Kier molecular flexibility index (Phi) is 6.26. The molecule has 0 aliphatic rings. The van der Waals surface area contributed by atoms with Crippen LogP contribution in [-0.2, 0) is 16.6 Å². The van der Waals surface area contributed by atoms with Gasteiger partial charge in [-0.1, -0.05) is 6.07 Å². The van der Waals surface area contributed by atoms with Gasteiger partial charge in [0.25, 0.3) is 10.0 Å². The molecular weight excluding hydrogens is 412 g/mol. The number of nitrogens with zero attached hydrogens (tertiary/aromatic N) is 1. The van der Waals surface area contributed by atoms with Crippen molar-refractivity contribution in [3.63, 3.8) is 0 Å². The van der Waals surface area contributed by atoms with Gasteiger partial charge >= 0.3 is 0 Å². The van der Waals surface area contributed by atoms with E-state index in [-0.39, 0.29) is 17.1 Å². The van der Waals surface area contributed by atoms with Gasteiger partial charge in [0.1, 0.15) is 23.1 Å². The minimum absolute atomic E-state index is 0.111. The Labute approximate surface area is 174 Å². The highest BCUT2D eigenvalue weighted by atomic mass is 32.2. The van der Waals surface area contributed by atoms with Crippen molar-refractivity contribution < 1.29 is 26.7 Å². The normalized spacial score (nSPS) is 11.2. The van der Waals surface area contributed by atoms with Crippen LogP contribution in [-0.4, -0.2) is 22.6 Å². The predicted molar refractivity (Wildman–Crippen MR) is 110 cm³/mol. The molecule has 0 amide bonds. The lowest BCUT2D eigenvalue weighted by atomic mass is 10.1. The molecule has 0 aliphatic carbocycles. The average molecular weight is 433 g/mol. The fraction of sp³-hybridized carbons (Fsp3) is 0.182. The summed E-state index contributed by atoms with van der Waals surface area (Å²) in [5.41, 5.74) is 1.10. The zero-order valence-electron chi connectivity index (χ0n) is 16.7. The zero-order chi connectivity index (χ0) is 21.9. The van der Waals surface area contributed by atoms with E-state index in [9.17, 15) is 17.2 Å². The van der Waals surface area contributed by atoms with Crippen molar-refractivity contribution >= 4 is 15.7 Å². The van der Waals surface area contributed by atoms with Gasteiger partial charge < -0.3 is 9.47 Å². The molecule has 5 nitrogen and oxygen atoms in total. The van der Waals surface area contributed by atoms with E-state index in [0.717, 1.165) is 22.5 Å². The van der Waals surface area contributed by atoms with Crippen LogP contribution in [0.25, 0.3) is 0 Å². The van der Waals surface area contributed by atoms with Gasteiger partial charge in [-0.05, 0) is 66.6 Å². The van der Waals surface area contributed by atoms with E-state index in [1.165, 1.54) is 38.5 Å². The van der Waals surface area contributed by atoms with Gasteiger partial charge in [0.15, 0.2) is 0 Å². The highest BCUT2D eigenvalue weighted by Gasteiger charge is 2.26. The van der Waals surface area contributed by atoms with Gasteiger partial charge in [-0.15, -0.1) is 0 Å². The molecule has 0 saturated carbocycles. The molecule has 8 heteroatoms. The Hall–Kier alpha value is -3.13. The molecule has 158 valence electrons. The molecular formula is C22H21F2NO4S. The first kappa shape index (κ1) is 21.6. The summed E-state index contributed by atoms with van der Waals surface area (Å²) in [4.78, 5) is -0.111. The topological polar surface area (TPSA) is 55.8 Å². The predicted octanol–water partition coefficient (Wildman–Crippen LogP) is 4.69. The van der Waals surface area contributed by atoms with Crippen LogP contribution in [0, 0.1) is 18.6 Å². The molecule has 0 aliphatic heterocycles. The molecule has 3 aromatic carbocycles. The van der Waals surface area contributed by atoms with Crippen LogP contribution in [0.2, 0.25) is 0 Å². The molecule has 0 bridgehead atoms. The third-order valence-corrected chi connectivity index (χ3v) is 6.37. The van der Waals surface area contributed by atoms with Crippen molar-refractivity contribution in [2.24, 2.45) is 0 Å². The van der Waals surface area contributed by atoms with Gasteiger partial charge in [0.05, 0.1) is 31.3 Å². The SMILES string of the molecule is COc1cc(CN(c2ccc(C)c(F)c2)S(=O)(=O)c2ccc(F)cc2)cc(OC)c1. The molecule has 0 spiro atoms. The van der Waals surface area contributed by atoms with E-state index in [1.807, 2.05) is 0 Å². The second-order valence-electron chi connectivity index (χ2n) is 6.62. The van der Waals surface area contributed by atoms with Crippen molar-refractivity contribution in [3.05, 3.63) is 83.4 Å². The quantitative estimate of drug-likeness (QED) is 0.543. The smallest absolute Gasteiger partial charge is 0.264 e. The van der Waals surface area contributed by atoms with Crippen molar-refractivity contribution in [1.82, 2.24) is 0 Å². The number of hydrogen-bond acceptors (Lipinski definition) is 4. The Bertz CT molecular complexity index is 1130. The number of halogens is 2. The van der Waals surface area contributed by atoms with E-state index in [2.05, 4.69) is 0 Å². The number of methoxy groups -OCH3 is 2. The van der Waals surface area contributed by atoms with Gasteiger partial charge in [0.2, 0.25) is 0 Å². The Balaban J connectivity index is 2.12. The van der Waals surface area contributed by atoms with Gasteiger partial charge in [-0.2, -0.15) is 0 Å². The second kappa shape index (κ2) is 8.71. The van der Waals surface area contributed by atoms with Crippen molar-refractivity contribution in [2.45, 2.75) is 18.4 Å². The van der Waals surface area contributed by atoms with E-state index in [1.54, 1.807) is 25.1 Å². The number of ether oxygens (including phenoxy) is 2. The molecule has 3 aromatic rings. The van der Waals surface area contributed by atoms with Crippen LogP contribution in [0.4, 0.5) is 14.5 Å². The van der Waals surface area contributed by atoms with Crippen LogP contribution in [0.15, 0.2) is 65.6 Å². The maximum Gasteiger partial charge on any atom is 0.264 e. The number of aryl methyl sites for hydroxylation is 1. The summed E-state index contributed by atoms with van der Waals surface area (Å²) in [6, 6.07) is 13.7.